The van der Waals surface area contributed by atoms with Crippen LogP contribution in [0.15, 0.2) is 24.3 Å². The molecule has 1 aromatic rings. The highest BCUT2D eigenvalue weighted by Gasteiger charge is 2.27. The fourth-order valence-corrected chi connectivity index (χ4v) is 3.72. The van der Waals surface area contributed by atoms with Crippen LogP contribution in [0.3, 0.4) is 0 Å². The van der Waals surface area contributed by atoms with Crippen molar-refractivity contribution in [3.05, 3.63) is 29.8 Å². The van der Waals surface area contributed by atoms with E-state index in [9.17, 15) is 8.78 Å². The Kier molecular flexibility index (Phi) is 5.66. The molecule has 112 valence electrons. The minimum absolute atomic E-state index is 0.133. The SMILES string of the molecule is CSC1CCCC1NC(C)c1cccc(OC(F)F)c1. The molecule has 1 aliphatic rings. The Hall–Kier alpha value is -0.810. The van der Waals surface area contributed by atoms with Crippen LogP contribution in [0.25, 0.3) is 0 Å². The van der Waals surface area contributed by atoms with Crippen molar-refractivity contribution in [2.75, 3.05) is 6.26 Å². The highest BCUT2D eigenvalue weighted by molar-refractivity contribution is 7.99. The highest BCUT2D eigenvalue weighted by Crippen LogP contribution is 2.30. The number of hydrogen-bond donors (Lipinski definition) is 1. The molecule has 5 heteroatoms. The third kappa shape index (κ3) is 4.09. The van der Waals surface area contributed by atoms with Gasteiger partial charge in [-0.15, -0.1) is 0 Å². The first-order chi connectivity index (χ1) is 9.60. The summed E-state index contributed by atoms with van der Waals surface area (Å²) in [6.07, 6.45) is 5.83. The van der Waals surface area contributed by atoms with E-state index in [0.717, 1.165) is 5.56 Å². The lowest BCUT2D eigenvalue weighted by molar-refractivity contribution is -0.0499. The van der Waals surface area contributed by atoms with E-state index in [4.69, 9.17) is 0 Å². The van der Waals surface area contributed by atoms with Crippen molar-refractivity contribution in [3.8, 4) is 5.75 Å². The van der Waals surface area contributed by atoms with Crippen LogP contribution in [-0.2, 0) is 0 Å². The van der Waals surface area contributed by atoms with Crippen LogP contribution < -0.4 is 10.1 Å². The largest absolute Gasteiger partial charge is 0.435 e. The first-order valence-corrected chi connectivity index (χ1v) is 8.22. The molecule has 3 unspecified atom stereocenters. The molecule has 0 spiro atoms. The lowest BCUT2D eigenvalue weighted by atomic mass is 10.1. The summed E-state index contributed by atoms with van der Waals surface area (Å²) < 4.78 is 28.9. The maximum absolute atomic E-state index is 12.2. The number of ether oxygens (including phenoxy) is 1. The molecule has 0 heterocycles. The molecule has 0 amide bonds. The molecule has 1 fully saturated rings. The van der Waals surface area contributed by atoms with E-state index in [2.05, 4.69) is 23.2 Å². The van der Waals surface area contributed by atoms with Gasteiger partial charge in [0.2, 0.25) is 0 Å². The Morgan fingerprint density at radius 1 is 1.35 bits per heavy atom. The Morgan fingerprint density at radius 3 is 2.85 bits per heavy atom. The van der Waals surface area contributed by atoms with Gasteiger partial charge in [-0.25, -0.2) is 0 Å². The van der Waals surface area contributed by atoms with Crippen LogP contribution in [0.5, 0.6) is 5.75 Å². The molecule has 1 aromatic carbocycles. The molecule has 0 saturated heterocycles. The number of hydrogen-bond acceptors (Lipinski definition) is 3. The molecule has 0 radical (unpaired) electrons. The van der Waals surface area contributed by atoms with Crippen LogP contribution >= 0.6 is 11.8 Å². The van der Waals surface area contributed by atoms with Crippen molar-refractivity contribution in [1.82, 2.24) is 5.32 Å². The number of thioether (sulfide) groups is 1. The summed E-state index contributed by atoms with van der Waals surface area (Å²) in [5.41, 5.74) is 0.981. The second-order valence-electron chi connectivity index (χ2n) is 5.15. The Morgan fingerprint density at radius 2 is 2.15 bits per heavy atom. The van der Waals surface area contributed by atoms with Crippen molar-refractivity contribution in [1.29, 1.82) is 0 Å². The van der Waals surface area contributed by atoms with Crippen molar-refractivity contribution < 1.29 is 13.5 Å². The van der Waals surface area contributed by atoms with Crippen molar-refractivity contribution in [2.24, 2.45) is 0 Å². The third-order valence-electron chi connectivity index (χ3n) is 3.80. The van der Waals surface area contributed by atoms with Gasteiger partial charge in [0.05, 0.1) is 0 Å². The third-order valence-corrected chi connectivity index (χ3v) is 4.97. The van der Waals surface area contributed by atoms with E-state index in [1.54, 1.807) is 18.2 Å². The van der Waals surface area contributed by atoms with E-state index in [1.807, 2.05) is 17.8 Å². The van der Waals surface area contributed by atoms with Crippen LogP contribution in [0.1, 0.15) is 37.8 Å². The number of benzene rings is 1. The minimum Gasteiger partial charge on any atom is -0.435 e. The summed E-state index contributed by atoms with van der Waals surface area (Å²) in [6.45, 7) is -0.707. The summed E-state index contributed by atoms with van der Waals surface area (Å²) in [6, 6.07) is 7.58. The number of halogens is 2. The van der Waals surface area contributed by atoms with E-state index in [0.29, 0.717) is 11.3 Å². The van der Waals surface area contributed by atoms with Gasteiger partial charge in [-0.2, -0.15) is 20.5 Å². The lowest BCUT2D eigenvalue weighted by Crippen LogP contribution is -2.35. The number of nitrogens with one attached hydrogen (secondary N) is 1. The molecule has 1 saturated carbocycles. The molecule has 0 bridgehead atoms. The van der Waals surface area contributed by atoms with Crippen LogP contribution in [0.2, 0.25) is 0 Å². The second-order valence-corrected chi connectivity index (χ2v) is 6.23. The standard InChI is InChI=1S/C15H21F2NOS/c1-10(18-13-7-4-8-14(13)20-2)11-5-3-6-12(9-11)19-15(16)17/h3,5-6,9-10,13-15,18H,4,7-8H2,1-2H3. The normalized spacial score (nSPS) is 24.1. The van der Waals surface area contributed by atoms with Gasteiger partial charge in [-0.3, -0.25) is 0 Å². The molecule has 3 atom stereocenters. The van der Waals surface area contributed by atoms with E-state index < -0.39 is 6.61 Å². The van der Waals surface area contributed by atoms with Gasteiger partial charge in [0, 0.05) is 17.3 Å². The fourth-order valence-electron chi connectivity index (χ4n) is 2.78. The predicted octanol–water partition coefficient (Wildman–Crippen LogP) is 4.22. The molecule has 2 rings (SSSR count). The minimum atomic E-state index is -2.77. The molecule has 1 N–H and O–H groups in total. The summed E-state index contributed by atoms with van der Waals surface area (Å²) in [5.74, 6) is 0.221. The van der Waals surface area contributed by atoms with Crippen molar-refractivity contribution in [3.63, 3.8) is 0 Å². The van der Waals surface area contributed by atoms with Crippen molar-refractivity contribution >= 4 is 11.8 Å². The molecule has 1 aliphatic carbocycles. The maximum Gasteiger partial charge on any atom is 0.387 e. The molecule has 0 aliphatic heterocycles. The fraction of sp³-hybridized carbons (Fsp3) is 0.600. The lowest BCUT2D eigenvalue weighted by Gasteiger charge is -2.24. The Balaban J connectivity index is 1.99. The quantitative estimate of drug-likeness (QED) is 0.850. The summed E-state index contributed by atoms with van der Waals surface area (Å²) in [5, 5.41) is 4.26. The van der Waals surface area contributed by atoms with Gasteiger partial charge in [-0.05, 0) is 43.7 Å². The van der Waals surface area contributed by atoms with Gasteiger partial charge in [0.15, 0.2) is 0 Å². The molecular formula is C15H21F2NOS. The van der Waals surface area contributed by atoms with E-state index in [1.165, 1.54) is 19.3 Å². The zero-order valence-corrected chi connectivity index (χ0v) is 12.6. The summed E-state index contributed by atoms with van der Waals surface area (Å²) in [4.78, 5) is 0. The zero-order valence-electron chi connectivity index (χ0n) is 11.8. The molecule has 0 aromatic heterocycles. The Bertz CT molecular complexity index is 430. The topological polar surface area (TPSA) is 21.3 Å². The average Bonchev–Trinajstić information content (AvgIpc) is 2.85. The van der Waals surface area contributed by atoms with Gasteiger partial charge >= 0.3 is 6.61 Å². The van der Waals surface area contributed by atoms with E-state index >= 15 is 0 Å². The molecule has 2 nitrogen and oxygen atoms in total. The maximum atomic E-state index is 12.2. The van der Waals surface area contributed by atoms with Gasteiger partial charge in [0.1, 0.15) is 5.75 Å². The highest BCUT2D eigenvalue weighted by atomic mass is 32.2. The Labute approximate surface area is 123 Å². The van der Waals surface area contributed by atoms with Crippen molar-refractivity contribution in [2.45, 2.75) is 50.1 Å². The zero-order chi connectivity index (χ0) is 14.5. The smallest absolute Gasteiger partial charge is 0.387 e. The van der Waals surface area contributed by atoms with Gasteiger partial charge < -0.3 is 10.1 Å². The van der Waals surface area contributed by atoms with E-state index in [-0.39, 0.29) is 11.8 Å². The second kappa shape index (κ2) is 7.27. The molecular weight excluding hydrogens is 280 g/mol. The van der Waals surface area contributed by atoms with Crippen LogP contribution in [0.4, 0.5) is 8.78 Å². The van der Waals surface area contributed by atoms with Gasteiger partial charge in [-0.1, -0.05) is 18.6 Å². The summed E-state index contributed by atoms with van der Waals surface area (Å²) in [7, 11) is 0. The summed E-state index contributed by atoms with van der Waals surface area (Å²) >= 11 is 1.90. The van der Waals surface area contributed by atoms with Gasteiger partial charge in [0.25, 0.3) is 0 Å². The average molecular weight is 301 g/mol. The molecule has 20 heavy (non-hydrogen) atoms. The monoisotopic (exact) mass is 301 g/mol. The predicted molar refractivity (Wildman–Crippen MR) is 79.6 cm³/mol. The first kappa shape index (κ1) is 15.6. The first-order valence-electron chi connectivity index (χ1n) is 6.93. The van der Waals surface area contributed by atoms with Crippen LogP contribution in [0, 0.1) is 0 Å². The number of alkyl halides is 2. The van der Waals surface area contributed by atoms with Crippen LogP contribution in [-0.4, -0.2) is 24.2 Å². The number of rotatable bonds is 6.